The summed E-state index contributed by atoms with van der Waals surface area (Å²) in [7, 11) is 1.52. The number of methoxy groups -OCH3 is 1. The van der Waals surface area contributed by atoms with Gasteiger partial charge in [0.05, 0.1) is 7.11 Å². The molecule has 0 fully saturated rings. The molecule has 1 amide bonds. The molecule has 0 aliphatic heterocycles. The van der Waals surface area contributed by atoms with Gasteiger partial charge in [-0.2, -0.15) is 0 Å². The van der Waals surface area contributed by atoms with E-state index in [0.29, 0.717) is 11.5 Å². The Morgan fingerprint density at radius 3 is 2.36 bits per heavy atom. The Balaban J connectivity index is 2.37. The van der Waals surface area contributed by atoms with E-state index in [4.69, 9.17) is 14.7 Å². The van der Waals surface area contributed by atoms with E-state index in [-0.39, 0.29) is 0 Å². The highest BCUT2D eigenvalue weighted by molar-refractivity contribution is 5.81. The van der Waals surface area contributed by atoms with Crippen LogP contribution >= 0.6 is 0 Å². The maximum absolute atomic E-state index is 11.5. The number of benzene rings is 1. The number of pyridine rings is 1. The van der Waals surface area contributed by atoms with Gasteiger partial charge in [0.15, 0.2) is 17.6 Å². The second-order valence-corrected chi connectivity index (χ2v) is 5.72. The molecule has 2 N–H and O–H groups in total. The van der Waals surface area contributed by atoms with Crippen LogP contribution < -0.4 is 15.0 Å². The van der Waals surface area contributed by atoms with Gasteiger partial charge in [-0.05, 0) is 61.7 Å². The molecule has 1 unspecified atom stereocenters. The van der Waals surface area contributed by atoms with Crippen LogP contribution in [-0.4, -0.2) is 29.3 Å². The van der Waals surface area contributed by atoms with Crippen molar-refractivity contribution in [2.24, 2.45) is 0 Å². The molecule has 2 rings (SSSR count). The number of aryl methyl sites for hydroxylation is 2. The molecule has 1 atom stereocenters. The van der Waals surface area contributed by atoms with Gasteiger partial charge in [0.1, 0.15) is 0 Å². The normalized spacial score (nSPS) is 11.6. The summed E-state index contributed by atoms with van der Waals surface area (Å²) in [4.78, 5) is 15.8. The summed E-state index contributed by atoms with van der Waals surface area (Å²) < 4.78 is 10.9. The maximum atomic E-state index is 11.5. The van der Waals surface area contributed by atoms with Crippen LogP contribution in [0.25, 0.3) is 5.57 Å². The fourth-order valence-corrected chi connectivity index (χ4v) is 2.47. The minimum atomic E-state index is -0.882. The van der Waals surface area contributed by atoms with Gasteiger partial charge in [-0.1, -0.05) is 12.6 Å². The van der Waals surface area contributed by atoms with Gasteiger partial charge in [0, 0.05) is 11.4 Å². The summed E-state index contributed by atoms with van der Waals surface area (Å²) in [5.41, 5.74) is 5.99. The van der Waals surface area contributed by atoms with Crippen LogP contribution in [0.5, 0.6) is 11.5 Å². The Hall–Kier alpha value is -2.86. The number of hydrogen-bond donors (Lipinski definition) is 2. The van der Waals surface area contributed by atoms with Crippen molar-refractivity contribution in [3.05, 3.63) is 59.4 Å². The molecule has 1 heterocycles. The van der Waals surface area contributed by atoms with Crippen molar-refractivity contribution in [1.82, 2.24) is 10.5 Å². The molecular weight excluding hydrogens is 320 g/mol. The van der Waals surface area contributed by atoms with Crippen LogP contribution in [-0.2, 0) is 4.79 Å². The highest BCUT2D eigenvalue weighted by Gasteiger charge is 2.17. The predicted molar refractivity (Wildman–Crippen MR) is 94.9 cm³/mol. The van der Waals surface area contributed by atoms with Gasteiger partial charge in [-0.3, -0.25) is 15.0 Å². The number of carbonyl (C=O) groups is 1. The molecule has 0 bridgehead atoms. The Bertz CT molecular complexity index is 782. The van der Waals surface area contributed by atoms with E-state index >= 15 is 0 Å². The van der Waals surface area contributed by atoms with E-state index in [1.807, 2.05) is 32.0 Å². The van der Waals surface area contributed by atoms with Crippen molar-refractivity contribution in [2.75, 3.05) is 7.11 Å². The average Bonchev–Trinajstić information content (AvgIpc) is 2.59. The van der Waals surface area contributed by atoms with E-state index in [1.165, 1.54) is 14.0 Å². The number of aromatic nitrogens is 1. The molecule has 0 saturated carbocycles. The van der Waals surface area contributed by atoms with E-state index in [2.05, 4.69) is 11.6 Å². The molecule has 0 aliphatic carbocycles. The molecule has 132 valence electrons. The lowest BCUT2D eigenvalue weighted by Gasteiger charge is -2.17. The zero-order chi connectivity index (χ0) is 18.6. The molecule has 0 radical (unpaired) electrons. The molecule has 2 aromatic rings. The number of nitrogens with one attached hydrogen (secondary N) is 1. The first-order valence-electron chi connectivity index (χ1n) is 7.79. The largest absolute Gasteiger partial charge is 0.493 e. The van der Waals surface area contributed by atoms with Crippen LogP contribution in [0.15, 0.2) is 36.9 Å². The number of nitrogens with zero attached hydrogens (tertiary/aromatic N) is 1. The fraction of sp³-hybridized carbons (Fsp3) is 0.263. The van der Waals surface area contributed by atoms with Crippen LogP contribution in [0, 0.1) is 13.8 Å². The number of hydrogen-bond acceptors (Lipinski definition) is 5. The number of rotatable bonds is 6. The van der Waals surface area contributed by atoms with Gasteiger partial charge >= 0.3 is 0 Å². The lowest BCUT2D eigenvalue weighted by atomic mass is 9.98. The monoisotopic (exact) mass is 342 g/mol. The first kappa shape index (κ1) is 18.5. The SMILES string of the molecule is C=C(c1cc(C)nc(C)c1)c1ccc(OC)c(OC(C)C(=O)NO)c1. The van der Waals surface area contributed by atoms with Gasteiger partial charge in [-0.25, -0.2) is 5.48 Å². The van der Waals surface area contributed by atoms with E-state index in [1.54, 1.807) is 17.6 Å². The number of ether oxygens (including phenoxy) is 2. The summed E-state index contributed by atoms with van der Waals surface area (Å²) in [6.45, 7) is 9.55. The Morgan fingerprint density at radius 1 is 1.16 bits per heavy atom. The Labute approximate surface area is 147 Å². The number of hydroxylamine groups is 1. The third kappa shape index (κ3) is 4.36. The number of amides is 1. The van der Waals surface area contributed by atoms with Gasteiger partial charge in [0.25, 0.3) is 5.91 Å². The summed E-state index contributed by atoms with van der Waals surface area (Å²) in [5, 5.41) is 8.72. The predicted octanol–water partition coefficient (Wildman–Crippen LogP) is 3.04. The topological polar surface area (TPSA) is 80.7 Å². The smallest absolute Gasteiger partial charge is 0.284 e. The molecule has 6 heteroatoms. The van der Waals surface area contributed by atoms with Crippen molar-refractivity contribution in [2.45, 2.75) is 26.9 Å². The molecule has 25 heavy (non-hydrogen) atoms. The van der Waals surface area contributed by atoms with Crippen molar-refractivity contribution >= 4 is 11.5 Å². The number of carbonyl (C=O) groups excluding carboxylic acids is 1. The van der Waals surface area contributed by atoms with Gasteiger partial charge in [-0.15, -0.1) is 0 Å². The minimum absolute atomic E-state index is 0.389. The standard InChI is InChI=1S/C19H22N2O4/c1-11-8-16(9-12(2)20-11)13(3)15-6-7-17(24-5)18(10-15)25-14(4)19(22)21-23/h6-10,14,23H,3H2,1-2,4-5H3,(H,21,22). The molecule has 6 nitrogen and oxygen atoms in total. The summed E-state index contributed by atoms with van der Waals surface area (Å²) in [6, 6.07) is 9.30. The van der Waals surface area contributed by atoms with Crippen LogP contribution in [0.3, 0.4) is 0 Å². The minimum Gasteiger partial charge on any atom is -0.493 e. The first-order valence-corrected chi connectivity index (χ1v) is 7.79. The van der Waals surface area contributed by atoms with E-state index < -0.39 is 12.0 Å². The second kappa shape index (κ2) is 7.81. The molecular formula is C19H22N2O4. The van der Waals surface area contributed by atoms with E-state index in [0.717, 1.165) is 28.1 Å². The zero-order valence-corrected chi connectivity index (χ0v) is 14.8. The molecule has 0 spiro atoms. The van der Waals surface area contributed by atoms with E-state index in [9.17, 15) is 4.79 Å². The second-order valence-electron chi connectivity index (χ2n) is 5.72. The van der Waals surface area contributed by atoms with Gasteiger partial charge in [0.2, 0.25) is 0 Å². The summed E-state index contributed by atoms with van der Waals surface area (Å²) in [6.07, 6.45) is -0.882. The molecule has 0 aliphatic rings. The maximum Gasteiger partial charge on any atom is 0.284 e. The lowest BCUT2D eigenvalue weighted by Crippen LogP contribution is -2.34. The summed E-state index contributed by atoms with van der Waals surface area (Å²) >= 11 is 0. The van der Waals surface area contributed by atoms with Crippen molar-refractivity contribution in [3.63, 3.8) is 0 Å². The fourth-order valence-electron chi connectivity index (χ4n) is 2.47. The van der Waals surface area contributed by atoms with Gasteiger partial charge < -0.3 is 9.47 Å². The van der Waals surface area contributed by atoms with Crippen LogP contribution in [0.2, 0.25) is 0 Å². The average molecular weight is 342 g/mol. The van der Waals surface area contributed by atoms with Crippen LogP contribution in [0.4, 0.5) is 0 Å². The lowest BCUT2D eigenvalue weighted by molar-refractivity contribution is -0.135. The molecule has 1 aromatic carbocycles. The zero-order valence-electron chi connectivity index (χ0n) is 14.8. The summed E-state index contributed by atoms with van der Waals surface area (Å²) in [5.74, 6) is 0.225. The third-order valence-corrected chi connectivity index (χ3v) is 3.73. The third-order valence-electron chi connectivity index (χ3n) is 3.73. The Morgan fingerprint density at radius 2 is 1.80 bits per heavy atom. The van der Waals surface area contributed by atoms with Crippen molar-refractivity contribution < 1.29 is 19.5 Å². The van der Waals surface area contributed by atoms with Crippen molar-refractivity contribution in [3.8, 4) is 11.5 Å². The quantitative estimate of drug-likeness (QED) is 0.623. The highest BCUT2D eigenvalue weighted by atomic mass is 16.5. The highest BCUT2D eigenvalue weighted by Crippen LogP contribution is 2.33. The first-order chi connectivity index (χ1) is 11.8. The van der Waals surface area contributed by atoms with Crippen LogP contribution in [0.1, 0.15) is 29.4 Å². The molecule has 0 saturated heterocycles. The molecule has 1 aromatic heterocycles. The Kier molecular flexibility index (Phi) is 5.77. The van der Waals surface area contributed by atoms with Crippen molar-refractivity contribution in [1.29, 1.82) is 0 Å².